The van der Waals surface area contributed by atoms with Crippen LogP contribution in [0.25, 0.3) is 0 Å². The normalized spacial score (nSPS) is 23.7. The van der Waals surface area contributed by atoms with E-state index in [1.165, 1.54) is 19.4 Å². The number of rotatable bonds is 10. The van der Waals surface area contributed by atoms with E-state index in [0.29, 0.717) is 25.6 Å². The molecule has 4 atom stereocenters. The van der Waals surface area contributed by atoms with E-state index in [1.807, 2.05) is 34.6 Å². The fourth-order valence-corrected chi connectivity index (χ4v) is 3.39. The number of methoxy groups -OCH3 is 1. The van der Waals surface area contributed by atoms with Crippen molar-refractivity contribution in [1.29, 1.82) is 0 Å². The van der Waals surface area contributed by atoms with Gasteiger partial charge in [0.25, 0.3) is 5.91 Å². The molecule has 0 aliphatic carbocycles. The van der Waals surface area contributed by atoms with Gasteiger partial charge >= 0.3 is 5.97 Å². The highest BCUT2D eigenvalue weighted by Crippen LogP contribution is 2.27. The lowest BCUT2D eigenvalue weighted by molar-refractivity contribution is -0.173. The highest BCUT2D eigenvalue weighted by atomic mass is 16.6. The Bertz CT molecular complexity index is 801. The molecule has 1 aromatic rings. The summed E-state index contributed by atoms with van der Waals surface area (Å²) in [6.45, 7) is 11.1. The van der Waals surface area contributed by atoms with E-state index in [9.17, 15) is 14.7 Å². The summed E-state index contributed by atoms with van der Waals surface area (Å²) in [5, 5.41) is 12.8. The van der Waals surface area contributed by atoms with Crippen molar-refractivity contribution in [1.82, 2.24) is 10.3 Å². The van der Waals surface area contributed by atoms with Crippen molar-refractivity contribution in [3.63, 3.8) is 0 Å². The minimum Gasteiger partial charge on any atom is -0.503 e. The molecule has 0 saturated carbocycles. The molecule has 1 saturated heterocycles. The molecule has 2 rings (SSSR count). The second-order valence-electron chi connectivity index (χ2n) is 9.11. The molecule has 10 nitrogen and oxygen atoms in total. The zero-order valence-corrected chi connectivity index (χ0v) is 20.9. The minimum atomic E-state index is -1.11. The van der Waals surface area contributed by atoms with Gasteiger partial charge < -0.3 is 34.1 Å². The largest absolute Gasteiger partial charge is 0.503 e. The molecular weight excluding hydrogens is 444 g/mol. The number of hydrogen-bond donors (Lipinski definition) is 2. The number of nitrogens with one attached hydrogen (secondary N) is 1. The Morgan fingerprint density at radius 2 is 1.88 bits per heavy atom. The first kappa shape index (κ1) is 27.8. The molecule has 2 heterocycles. The lowest BCUT2D eigenvalue weighted by Crippen LogP contribution is -2.48. The van der Waals surface area contributed by atoms with Gasteiger partial charge in [-0.25, -0.2) is 9.78 Å². The number of ether oxygens (including phenoxy) is 5. The number of carbonyl (C=O) groups excluding carboxylic acids is 2. The second kappa shape index (κ2) is 13.5. The summed E-state index contributed by atoms with van der Waals surface area (Å²) in [6, 6.07) is 0.313. The van der Waals surface area contributed by atoms with Gasteiger partial charge in [0, 0.05) is 25.5 Å². The Morgan fingerprint density at radius 1 is 1.21 bits per heavy atom. The predicted molar refractivity (Wildman–Crippen MR) is 124 cm³/mol. The molecule has 0 spiro atoms. The van der Waals surface area contributed by atoms with Gasteiger partial charge in [0.2, 0.25) is 0 Å². The maximum absolute atomic E-state index is 13.0. The first-order chi connectivity index (χ1) is 16.2. The number of amides is 1. The monoisotopic (exact) mass is 482 g/mol. The van der Waals surface area contributed by atoms with Crippen molar-refractivity contribution in [3.8, 4) is 11.5 Å². The number of cyclic esters (lactones) is 1. The van der Waals surface area contributed by atoms with E-state index in [2.05, 4.69) is 10.3 Å². The van der Waals surface area contributed by atoms with Crippen LogP contribution in [0.15, 0.2) is 12.3 Å². The quantitative estimate of drug-likeness (QED) is 0.483. The van der Waals surface area contributed by atoms with Gasteiger partial charge in [-0.1, -0.05) is 34.6 Å². The van der Waals surface area contributed by atoms with Crippen LogP contribution in [0.2, 0.25) is 0 Å². The van der Waals surface area contributed by atoms with Crippen molar-refractivity contribution in [2.45, 2.75) is 65.4 Å². The number of aromatic nitrogens is 1. The maximum atomic E-state index is 13.0. The molecular formula is C24H38N2O8. The first-order valence-corrected chi connectivity index (χ1v) is 11.7. The fourth-order valence-electron chi connectivity index (χ4n) is 3.39. The number of esters is 1. The summed E-state index contributed by atoms with van der Waals surface area (Å²) in [4.78, 5) is 29.7. The molecule has 2 N–H and O–H groups in total. The highest BCUT2D eigenvalue weighted by Gasteiger charge is 2.38. The van der Waals surface area contributed by atoms with Crippen molar-refractivity contribution < 1.29 is 38.4 Å². The van der Waals surface area contributed by atoms with Crippen molar-refractivity contribution >= 4 is 11.9 Å². The number of hydrogen-bond acceptors (Lipinski definition) is 9. The third-order valence-corrected chi connectivity index (χ3v) is 5.15. The van der Waals surface area contributed by atoms with Crippen LogP contribution >= 0.6 is 0 Å². The molecule has 1 aliphatic rings. The van der Waals surface area contributed by atoms with Gasteiger partial charge in [0.05, 0.1) is 20.3 Å². The molecule has 0 aromatic carbocycles. The summed E-state index contributed by atoms with van der Waals surface area (Å²) in [7, 11) is 1.36. The van der Waals surface area contributed by atoms with Gasteiger partial charge in [-0.15, -0.1) is 0 Å². The molecule has 0 unspecified atom stereocenters. The van der Waals surface area contributed by atoms with E-state index in [4.69, 9.17) is 23.7 Å². The predicted octanol–water partition coefficient (Wildman–Crippen LogP) is 2.33. The third-order valence-electron chi connectivity index (χ3n) is 5.15. The summed E-state index contributed by atoms with van der Waals surface area (Å²) in [5.74, 6) is -1.16. The molecule has 192 valence electrons. The fraction of sp³-hybridized carbons (Fsp3) is 0.708. The maximum Gasteiger partial charge on any atom is 0.331 e. The molecule has 1 aliphatic heterocycles. The van der Waals surface area contributed by atoms with Crippen LogP contribution in [-0.4, -0.2) is 79.9 Å². The lowest BCUT2D eigenvalue weighted by Gasteiger charge is -2.33. The Kier molecular flexibility index (Phi) is 11.0. The molecule has 10 heteroatoms. The Hall–Kier alpha value is -2.43. The summed E-state index contributed by atoms with van der Waals surface area (Å²) < 4.78 is 28.8. The molecule has 1 aromatic heterocycles. The zero-order chi connectivity index (χ0) is 25.3. The Labute approximate surface area is 201 Å². The van der Waals surface area contributed by atoms with E-state index in [1.54, 1.807) is 0 Å². The Balaban J connectivity index is 2.22. The van der Waals surface area contributed by atoms with Gasteiger partial charge in [0.15, 0.2) is 23.2 Å². The number of aromatic hydroxyl groups is 1. The SMILES string of the molecule is CC[C@@H]1OC(=O)[C@@H](NC(=O)c2nccc(OC)c2O)COC[C@H](OCC(C)C)[C@H]1OCC(C)C. The smallest absolute Gasteiger partial charge is 0.331 e. The standard InChI is InChI=1S/C24H38N2O8/c1-7-17-22(33-11-15(4)5)19(32-10-14(2)3)13-31-12-16(24(29)34-17)26-23(28)20-21(27)18(30-6)8-9-25-20/h8-9,14-17,19,22,27H,7,10-13H2,1-6H3,(H,26,28)/t16-,17-,19-,22-/m0/s1. The number of carbonyl (C=O) groups is 2. The van der Waals surface area contributed by atoms with Crippen LogP contribution in [0, 0.1) is 11.8 Å². The number of pyridine rings is 1. The second-order valence-corrected chi connectivity index (χ2v) is 9.11. The molecule has 0 bridgehead atoms. The van der Waals surface area contributed by atoms with Gasteiger partial charge in [0.1, 0.15) is 18.3 Å². The van der Waals surface area contributed by atoms with Crippen LogP contribution in [0.4, 0.5) is 0 Å². The lowest BCUT2D eigenvalue weighted by atomic mass is 10.0. The van der Waals surface area contributed by atoms with Gasteiger partial charge in [-0.2, -0.15) is 0 Å². The molecule has 1 amide bonds. The minimum absolute atomic E-state index is 0.0924. The van der Waals surface area contributed by atoms with Crippen LogP contribution in [-0.2, 0) is 23.7 Å². The van der Waals surface area contributed by atoms with Crippen molar-refractivity contribution in [3.05, 3.63) is 18.0 Å². The number of nitrogens with zero attached hydrogens (tertiary/aromatic N) is 1. The van der Waals surface area contributed by atoms with Crippen LogP contribution < -0.4 is 10.1 Å². The van der Waals surface area contributed by atoms with Gasteiger partial charge in [-0.3, -0.25) is 4.79 Å². The summed E-state index contributed by atoms with van der Waals surface area (Å²) >= 11 is 0. The first-order valence-electron chi connectivity index (χ1n) is 11.7. The van der Waals surface area contributed by atoms with Gasteiger partial charge in [-0.05, 0) is 18.3 Å². The summed E-state index contributed by atoms with van der Waals surface area (Å²) in [5.41, 5.74) is -0.268. The summed E-state index contributed by atoms with van der Waals surface area (Å²) in [6.07, 6.45) is 0.264. The van der Waals surface area contributed by atoms with Crippen molar-refractivity contribution in [2.24, 2.45) is 11.8 Å². The van der Waals surface area contributed by atoms with Crippen LogP contribution in [0.5, 0.6) is 11.5 Å². The molecule has 34 heavy (non-hydrogen) atoms. The van der Waals surface area contributed by atoms with Crippen molar-refractivity contribution in [2.75, 3.05) is 33.5 Å². The topological polar surface area (TPSA) is 125 Å². The van der Waals surface area contributed by atoms with E-state index in [0.717, 1.165) is 0 Å². The zero-order valence-electron chi connectivity index (χ0n) is 20.9. The van der Waals surface area contributed by atoms with E-state index < -0.39 is 42.0 Å². The van der Waals surface area contributed by atoms with Crippen LogP contribution in [0.1, 0.15) is 51.5 Å². The average Bonchev–Trinajstić information content (AvgIpc) is 2.85. The van der Waals surface area contributed by atoms with Crippen LogP contribution in [0.3, 0.4) is 0 Å². The Morgan fingerprint density at radius 3 is 2.50 bits per heavy atom. The molecule has 0 radical (unpaired) electrons. The van der Waals surface area contributed by atoms with E-state index >= 15 is 0 Å². The molecule has 1 fully saturated rings. The van der Waals surface area contributed by atoms with E-state index in [-0.39, 0.29) is 30.6 Å². The average molecular weight is 483 g/mol. The third kappa shape index (κ3) is 7.82. The highest BCUT2D eigenvalue weighted by molar-refractivity contribution is 5.98.